The minimum Gasteiger partial charge on any atom is -0.352 e. The van der Waals surface area contributed by atoms with Gasteiger partial charge in [0.1, 0.15) is 4.87 Å². The topological polar surface area (TPSA) is 3.24 Å². The molecule has 0 N–H and O–H groups in total. The Hall–Kier alpha value is -0.930. The minimum absolute atomic E-state index is 0.107. The first kappa shape index (κ1) is 11.2. The van der Waals surface area contributed by atoms with Gasteiger partial charge in [0, 0.05) is 22.9 Å². The summed E-state index contributed by atoms with van der Waals surface area (Å²) in [5.41, 5.74) is 1.33. The lowest BCUT2D eigenvalue weighted by atomic mass is 10.2. The van der Waals surface area contributed by atoms with Gasteiger partial charge in [-0.25, -0.2) is 0 Å². The lowest BCUT2D eigenvalue weighted by Crippen LogP contribution is -2.36. The van der Waals surface area contributed by atoms with Crippen LogP contribution >= 0.6 is 23.1 Å². The summed E-state index contributed by atoms with van der Waals surface area (Å²) in [5, 5.41) is 2.17. The van der Waals surface area contributed by atoms with Crippen LogP contribution in [0.2, 0.25) is 0 Å². The summed E-state index contributed by atoms with van der Waals surface area (Å²) in [5.74, 6) is 1.20. The molecule has 0 aliphatic carbocycles. The molecule has 1 unspecified atom stereocenters. The van der Waals surface area contributed by atoms with Crippen molar-refractivity contribution < 1.29 is 0 Å². The van der Waals surface area contributed by atoms with Gasteiger partial charge in [-0.15, -0.1) is 23.1 Å². The van der Waals surface area contributed by atoms with E-state index < -0.39 is 0 Å². The molecule has 2 heterocycles. The third-order valence-corrected chi connectivity index (χ3v) is 5.86. The maximum Gasteiger partial charge on any atom is 0.118 e. The zero-order valence-corrected chi connectivity index (χ0v) is 11.4. The molecule has 0 spiro atoms. The Labute approximate surface area is 110 Å². The second kappa shape index (κ2) is 4.39. The maximum absolute atomic E-state index is 2.52. The number of thioether (sulfide) groups is 1. The van der Waals surface area contributed by atoms with Crippen molar-refractivity contribution in [2.45, 2.75) is 11.8 Å². The van der Waals surface area contributed by atoms with Crippen LogP contribution in [-0.2, 0) is 4.87 Å². The fourth-order valence-electron chi connectivity index (χ4n) is 2.36. The molecule has 17 heavy (non-hydrogen) atoms. The van der Waals surface area contributed by atoms with E-state index in [1.165, 1.54) is 16.3 Å². The van der Waals surface area contributed by atoms with Crippen molar-refractivity contribution in [3.8, 4) is 0 Å². The second-order valence-corrected chi connectivity index (χ2v) is 6.74. The summed E-state index contributed by atoms with van der Waals surface area (Å²) in [7, 11) is 0. The number of hydrogen-bond acceptors (Lipinski definition) is 3. The zero-order valence-electron chi connectivity index (χ0n) is 9.80. The number of nitrogens with zero attached hydrogens (tertiary/aromatic N) is 1. The van der Waals surface area contributed by atoms with Gasteiger partial charge in [-0.2, -0.15) is 0 Å². The van der Waals surface area contributed by atoms with Crippen molar-refractivity contribution in [3.05, 3.63) is 52.7 Å². The number of anilines is 1. The fourth-order valence-corrected chi connectivity index (χ4v) is 4.70. The van der Waals surface area contributed by atoms with Crippen LogP contribution in [-0.4, -0.2) is 12.3 Å². The van der Waals surface area contributed by atoms with Gasteiger partial charge in [0.25, 0.3) is 0 Å². The quantitative estimate of drug-likeness (QED) is 0.798. The number of para-hydroxylation sites is 1. The molecule has 3 heteroatoms. The molecule has 1 aromatic carbocycles. The Bertz CT molecular complexity index is 480. The lowest BCUT2D eigenvalue weighted by Gasteiger charge is -2.35. The van der Waals surface area contributed by atoms with Gasteiger partial charge < -0.3 is 4.90 Å². The van der Waals surface area contributed by atoms with Crippen molar-refractivity contribution in [2.75, 3.05) is 17.2 Å². The molecule has 3 rings (SSSR count). The van der Waals surface area contributed by atoms with Gasteiger partial charge in [-0.1, -0.05) is 24.3 Å². The summed E-state index contributed by atoms with van der Waals surface area (Å²) in [6.07, 6.45) is 0. The third kappa shape index (κ3) is 1.87. The standard InChI is InChI=1S/C14H15NS2/c1-14(13-8-5-10-16-13)15(9-11-17-14)12-6-3-2-4-7-12/h2-8,10H,9,11H2,1H3. The van der Waals surface area contributed by atoms with E-state index in [2.05, 4.69) is 59.7 Å². The van der Waals surface area contributed by atoms with Crippen LogP contribution in [0.25, 0.3) is 0 Å². The van der Waals surface area contributed by atoms with E-state index in [1.807, 2.05) is 23.1 Å². The molecule has 1 aromatic heterocycles. The van der Waals surface area contributed by atoms with E-state index in [0.29, 0.717) is 0 Å². The average Bonchev–Trinajstić information content (AvgIpc) is 2.99. The van der Waals surface area contributed by atoms with E-state index in [1.54, 1.807) is 0 Å². The highest BCUT2D eigenvalue weighted by atomic mass is 32.2. The highest BCUT2D eigenvalue weighted by Crippen LogP contribution is 2.47. The van der Waals surface area contributed by atoms with Crippen LogP contribution in [0, 0.1) is 0 Å². The normalized spacial score (nSPS) is 24.2. The van der Waals surface area contributed by atoms with Gasteiger partial charge in [-0.3, -0.25) is 0 Å². The Morgan fingerprint density at radius 2 is 1.94 bits per heavy atom. The molecule has 1 atom stereocenters. The Morgan fingerprint density at radius 1 is 1.12 bits per heavy atom. The van der Waals surface area contributed by atoms with Gasteiger partial charge in [0.05, 0.1) is 0 Å². The monoisotopic (exact) mass is 261 g/mol. The van der Waals surface area contributed by atoms with Crippen molar-refractivity contribution in [2.24, 2.45) is 0 Å². The van der Waals surface area contributed by atoms with Crippen LogP contribution in [0.15, 0.2) is 47.8 Å². The van der Waals surface area contributed by atoms with Crippen LogP contribution in [0.4, 0.5) is 5.69 Å². The molecule has 1 aliphatic rings. The van der Waals surface area contributed by atoms with E-state index >= 15 is 0 Å². The van der Waals surface area contributed by atoms with Crippen LogP contribution in [0.1, 0.15) is 11.8 Å². The molecule has 2 aromatic rings. The van der Waals surface area contributed by atoms with Gasteiger partial charge >= 0.3 is 0 Å². The van der Waals surface area contributed by atoms with Gasteiger partial charge in [0.15, 0.2) is 0 Å². The third-order valence-electron chi connectivity index (χ3n) is 3.26. The van der Waals surface area contributed by atoms with Crippen LogP contribution in [0.5, 0.6) is 0 Å². The molecule has 1 saturated heterocycles. The van der Waals surface area contributed by atoms with Gasteiger partial charge in [-0.05, 0) is 30.5 Å². The maximum atomic E-state index is 2.52. The largest absolute Gasteiger partial charge is 0.352 e. The Balaban J connectivity index is 2.00. The lowest BCUT2D eigenvalue weighted by molar-refractivity contribution is 0.675. The highest BCUT2D eigenvalue weighted by molar-refractivity contribution is 8.00. The molecule has 88 valence electrons. The first-order valence-corrected chi connectivity index (χ1v) is 7.68. The SMILES string of the molecule is CC1(c2cccs2)SCCN1c1ccccc1. The van der Waals surface area contributed by atoms with Crippen molar-refractivity contribution >= 4 is 28.8 Å². The molecule has 0 amide bonds. The second-order valence-electron chi connectivity index (χ2n) is 4.30. The molecule has 0 radical (unpaired) electrons. The molecule has 1 fully saturated rings. The van der Waals surface area contributed by atoms with Crippen LogP contribution in [0.3, 0.4) is 0 Å². The number of rotatable bonds is 2. The first-order chi connectivity index (χ1) is 8.31. The molecular weight excluding hydrogens is 246 g/mol. The average molecular weight is 261 g/mol. The van der Waals surface area contributed by atoms with Crippen LogP contribution < -0.4 is 4.90 Å². The smallest absolute Gasteiger partial charge is 0.118 e. The summed E-state index contributed by atoms with van der Waals surface area (Å²) >= 11 is 3.90. The highest BCUT2D eigenvalue weighted by Gasteiger charge is 2.39. The summed E-state index contributed by atoms with van der Waals surface area (Å²) < 4.78 is 0. The predicted octanol–water partition coefficient (Wildman–Crippen LogP) is 4.17. The van der Waals surface area contributed by atoms with Crippen molar-refractivity contribution in [1.82, 2.24) is 0 Å². The molecule has 0 bridgehead atoms. The number of hydrogen-bond donors (Lipinski definition) is 0. The predicted molar refractivity (Wildman–Crippen MR) is 77.9 cm³/mol. The first-order valence-electron chi connectivity index (χ1n) is 5.81. The van der Waals surface area contributed by atoms with E-state index in [0.717, 1.165) is 6.54 Å². The summed E-state index contributed by atoms with van der Waals surface area (Å²) in [4.78, 5) is 4.07. The summed E-state index contributed by atoms with van der Waals surface area (Å²) in [6.45, 7) is 3.46. The Kier molecular flexibility index (Phi) is 2.89. The van der Waals surface area contributed by atoms with E-state index in [9.17, 15) is 0 Å². The molecular formula is C14H15NS2. The molecule has 1 nitrogen and oxygen atoms in total. The van der Waals surface area contributed by atoms with E-state index in [-0.39, 0.29) is 4.87 Å². The minimum atomic E-state index is 0.107. The van der Waals surface area contributed by atoms with Gasteiger partial charge in [0.2, 0.25) is 0 Å². The zero-order chi connectivity index (χ0) is 11.7. The molecule has 0 saturated carbocycles. The number of benzene rings is 1. The van der Waals surface area contributed by atoms with Crippen molar-refractivity contribution in [3.63, 3.8) is 0 Å². The fraction of sp³-hybridized carbons (Fsp3) is 0.286. The van der Waals surface area contributed by atoms with Crippen molar-refractivity contribution in [1.29, 1.82) is 0 Å². The Morgan fingerprint density at radius 3 is 2.65 bits per heavy atom. The molecule has 1 aliphatic heterocycles. The van der Waals surface area contributed by atoms with E-state index in [4.69, 9.17) is 0 Å². The summed E-state index contributed by atoms with van der Waals surface area (Å²) in [6, 6.07) is 15.1. The number of thiophene rings is 1.